The van der Waals surface area contributed by atoms with Crippen molar-refractivity contribution in [1.29, 1.82) is 0 Å². The van der Waals surface area contributed by atoms with Crippen molar-refractivity contribution < 1.29 is 28.1 Å². The molecule has 0 atom stereocenters. The van der Waals surface area contributed by atoms with Gasteiger partial charge in [-0.05, 0) is 30.7 Å². The second kappa shape index (κ2) is 10.3. The molecule has 0 aromatic heterocycles. The zero-order chi connectivity index (χ0) is 15.5. The predicted octanol–water partition coefficient (Wildman–Crippen LogP) is 1.79. The number of methoxy groups -OCH3 is 1. The van der Waals surface area contributed by atoms with Gasteiger partial charge in [0.25, 0.3) is 0 Å². The molecule has 0 aliphatic carbocycles. The Morgan fingerprint density at radius 1 is 1.24 bits per heavy atom. The molecule has 1 aromatic rings. The molecule has 0 bridgehead atoms. The smallest absolute Gasteiger partial charge is 0.387 e. The van der Waals surface area contributed by atoms with E-state index in [1.54, 1.807) is 12.1 Å². The maximum Gasteiger partial charge on any atom is 0.387 e. The summed E-state index contributed by atoms with van der Waals surface area (Å²) in [5.41, 5.74) is 0.822. The fraction of sp³-hybridized carbons (Fsp3) is 0.571. The van der Waals surface area contributed by atoms with Gasteiger partial charge >= 0.3 is 6.61 Å². The summed E-state index contributed by atoms with van der Waals surface area (Å²) in [7, 11) is 1.40. The number of ether oxygens (including phenoxy) is 3. The first kappa shape index (κ1) is 17.6. The summed E-state index contributed by atoms with van der Waals surface area (Å²) in [6.07, 6.45) is 0.802. The number of nitrogens with one attached hydrogen (secondary N) is 1. The molecule has 2 N–H and O–H groups in total. The third kappa shape index (κ3) is 7.22. The first-order chi connectivity index (χ1) is 10.2. The molecule has 0 aliphatic rings. The second-order valence-corrected chi connectivity index (χ2v) is 4.23. The lowest BCUT2D eigenvalue weighted by atomic mass is 10.2. The average molecular weight is 305 g/mol. The normalized spacial score (nSPS) is 10.9. The van der Waals surface area contributed by atoms with E-state index in [0.29, 0.717) is 19.8 Å². The van der Waals surface area contributed by atoms with Gasteiger partial charge in [0.15, 0.2) is 11.5 Å². The third-order valence-electron chi connectivity index (χ3n) is 2.65. The number of rotatable bonds is 11. The number of alkyl halides is 2. The van der Waals surface area contributed by atoms with E-state index in [-0.39, 0.29) is 18.1 Å². The minimum atomic E-state index is -2.88. The molecule has 0 aliphatic heterocycles. The summed E-state index contributed by atoms with van der Waals surface area (Å²) >= 11 is 0. The number of aliphatic hydroxyl groups excluding tert-OH is 1. The Morgan fingerprint density at radius 2 is 2.05 bits per heavy atom. The van der Waals surface area contributed by atoms with Crippen LogP contribution in [0.5, 0.6) is 11.5 Å². The Labute approximate surface area is 122 Å². The molecule has 0 fully saturated rings. The molecule has 0 saturated heterocycles. The SMILES string of the molecule is COc1ccc(CNCCCOCCO)cc1OC(F)F. The van der Waals surface area contributed by atoms with Crippen molar-refractivity contribution in [3.63, 3.8) is 0 Å². The molecule has 1 aromatic carbocycles. The van der Waals surface area contributed by atoms with Gasteiger partial charge in [0.05, 0.1) is 20.3 Å². The zero-order valence-electron chi connectivity index (χ0n) is 12.0. The Bertz CT molecular complexity index is 405. The number of hydrogen-bond acceptors (Lipinski definition) is 5. The van der Waals surface area contributed by atoms with Gasteiger partial charge in [-0.15, -0.1) is 0 Å². The molecular formula is C14H21F2NO4. The van der Waals surface area contributed by atoms with Gasteiger partial charge < -0.3 is 24.6 Å². The van der Waals surface area contributed by atoms with Crippen LogP contribution in [-0.4, -0.2) is 45.2 Å². The lowest BCUT2D eigenvalue weighted by Gasteiger charge is -2.12. The first-order valence-corrected chi connectivity index (χ1v) is 6.68. The summed E-state index contributed by atoms with van der Waals surface area (Å²) in [5, 5.41) is 11.7. The van der Waals surface area contributed by atoms with Crippen molar-refractivity contribution in [3.8, 4) is 11.5 Å². The number of halogens is 2. The summed E-state index contributed by atoms with van der Waals surface area (Å²) < 4.78 is 39.1. The predicted molar refractivity (Wildman–Crippen MR) is 73.9 cm³/mol. The average Bonchev–Trinajstić information content (AvgIpc) is 2.46. The minimum absolute atomic E-state index is 0.0200. The van der Waals surface area contributed by atoms with Gasteiger partial charge in [0.2, 0.25) is 0 Å². The molecule has 0 spiro atoms. The molecule has 0 saturated carbocycles. The summed E-state index contributed by atoms with van der Waals surface area (Å²) in [6.45, 7) is -0.702. The maximum atomic E-state index is 12.3. The highest BCUT2D eigenvalue weighted by Crippen LogP contribution is 2.29. The summed E-state index contributed by atoms with van der Waals surface area (Å²) in [6, 6.07) is 4.91. The van der Waals surface area contributed by atoms with Crippen LogP contribution in [0.4, 0.5) is 8.78 Å². The van der Waals surface area contributed by atoms with Gasteiger partial charge in [-0.1, -0.05) is 6.07 Å². The van der Waals surface area contributed by atoms with Crippen LogP contribution >= 0.6 is 0 Å². The first-order valence-electron chi connectivity index (χ1n) is 6.68. The van der Waals surface area contributed by atoms with Crippen LogP contribution in [0.25, 0.3) is 0 Å². The van der Waals surface area contributed by atoms with Gasteiger partial charge in [0.1, 0.15) is 0 Å². The highest BCUT2D eigenvalue weighted by Gasteiger charge is 2.11. The molecule has 0 unspecified atom stereocenters. The Morgan fingerprint density at radius 3 is 2.71 bits per heavy atom. The van der Waals surface area contributed by atoms with Crippen molar-refractivity contribution in [1.82, 2.24) is 5.32 Å². The quantitative estimate of drug-likeness (QED) is 0.610. The van der Waals surface area contributed by atoms with E-state index in [1.165, 1.54) is 13.2 Å². The molecule has 0 amide bonds. The van der Waals surface area contributed by atoms with E-state index in [4.69, 9.17) is 14.6 Å². The molecule has 0 heterocycles. The van der Waals surface area contributed by atoms with E-state index in [2.05, 4.69) is 10.1 Å². The van der Waals surface area contributed by atoms with E-state index in [0.717, 1.165) is 18.5 Å². The number of benzene rings is 1. The van der Waals surface area contributed by atoms with Gasteiger partial charge in [-0.3, -0.25) is 0 Å². The molecule has 120 valence electrons. The fourth-order valence-electron chi connectivity index (χ4n) is 1.72. The standard InChI is InChI=1S/C14H21F2NO4/c1-19-12-4-3-11(9-13(12)21-14(15)16)10-17-5-2-7-20-8-6-18/h3-4,9,14,17-18H,2,5-8,10H2,1H3. The fourth-order valence-corrected chi connectivity index (χ4v) is 1.72. The monoisotopic (exact) mass is 305 g/mol. The Balaban J connectivity index is 2.37. The van der Waals surface area contributed by atoms with E-state index in [1.807, 2.05) is 0 Å². The van der Waals surface area contributed by atoms with Crippen molar-refractivity contribution in [3.05, 3.63) is 23.8 Å². The topological polar surface area (TPSA) is 60.0 Å². The van der Waals surface area contributed by atoms with Gasteiger partial charge in [-0.25, -0.2) is 0 Å². The molecular weight excluding hydrogens is 284 g/mol. The van der Waals surface area contributed by atoms with Crippen molar-refractivity contribution >= 4 is 0 Å². The minimum Gasteiger partial charge on any atom is -0.493 e. The largest absolute Gasteiger partial charge is 0.493 e. The molecule has 7 heteroatoms. The maximum absolute atomic E-state index is 12.3. The van der Waals surface area contributed by atoms with Crippen LogP contribution in [-0.2, 0) is 11.3 Å². The van der Waals surface area contributed by atoms with Crippen LogP contribution in [0.3, 0.4) is 0 Å². The third-order valence-corrected chi connectivity index (χ3v) is 2.65. The van der Waals surface area contributed by atoms with Gasteiger partial charge in [-0.2, -0.15) is 8.78 Å². The van der Waals surface area contributed by atoms with Gasteiger partial charge in [0, 0.05) is 13.2 Å². The van der Waals surface area contributed by atoms with Crippen LogP contribution in [0.2, 0.25) is 0 Å². The van der Waals surface area contributed by atoms with Crippen molar-refractivity contribution in [2.45, 2.75) is 19.6 Å². The van der Waals surface area contributed by atoms with Crippen molar-refractivity contribution in [2.24, 2.45) is 0 Å². The van der Waals surface area contributed by atoms with E-state index < -0.39 is 6.61 Å². The van der Waals surface area contributed by atoms with E-state index in [9.17, 15) is 8.78 Å². The second-order valence-electron chi connectivity index (χ2n) is 4.23. The van der Waals surface area contributed by atoms with Crippen LogP contribution < -0.4 is 14.8 Å². The Kier molecular flexibility index (Phi) is 8.65. The highest BCUT2D eigenvalue weighted by molar-refractivity contribution is 5.42. The highest BCUT2D eigenvalue weighted by atomic mass is 19.3. The van der Waals surface area contributed by atoms with Crippen LogP contribution in [0.1, 0.15) is 12.0 Å². The Hall–Kier alpha value is -1.44. The van der Waals surface area contributed by atoms with Crippen LogP contribution in [0, 0.1) is 0 Å². The van der Waals surface area contributed by atoms with Crippen LogP contribution in [0.15, 0.2) is 18.2 Å². The lowest BCUT2D eigenvalue weighted by Crippen LogP contribution is -2.17. The summed E-state index contributed by atoms with van der Waals surface area (Å²) in [4.78, 5) is 0. The zero-order valence-corrected chi connectivity index (χ0v) is 12.0. The molecule has 5 nitrogen and oxygen atoms in total. The van der Waals surface area contributed by atoms with Crippen molar-refractivity contribution in [2.75, 3.05) is 33.5 Å². The molecule has 0 radical (unpaired) electrons. The molecule has 21 heavy (non-hydrogen) atoms. The number of hydrogen-bond donors (Lipinski definition) is 2. The molecule has 1 rings (SSSR count). The number of aliphatic hydroxyl groups is 1. The van der Waals surface area contributed by atoms with E-state index >= 15 is 0 Å². The summed E-state index contributed by atoms with van der Waals surface area (Å²) in [5.74, 6) is 0.300. The lowest BCUT2D eigenvalue weighted by molar-refractivity contribution is -0.0512.